The van der Waals surface area contributed by atoms with Gasteiger partial charge in [-0.3, -0.25) is 4.79 Å². The molecule has 0 unspecified atom stereocenters. The van der Waals surface area contributed by atoms with Gasteiger partial charge in [-0.1, -0.05) is 20.8 Å². The summed E-state index contributed by atoms with van der Waals surface area (Å²) < 4.78 is 0. The second kappa shape index (κ2) is 5.12. The molecule has 4 nitrogen and oxygen atoms in total. The van der Waals surface area contributed by atoms with Gasteiger partial charge in [0.2, 0.25) is 5.91 Å². The topological polar surface area (TPSA) is 57.8 Å². The Morgan fingerprint density at radius 2 is 2.33 bits per heavy atom. The van der Waals surface area contributed by atoms with Crippen molar-refractivity contribution >= 4 is 5.91 Å². The summed E-state index contributed by atoms with van der Waals surface area (Å²) in [6.07, 6.45) is 6.68. The minimum Gasteiger partial charge on any atom is -0.349 e. The van der Waals surface area contributed by atoms with Crippen LogP contribution in [0.25, 0.3) is 0 Å². The number of carbonyl (C=O) groups is 1. The first-order valence-electron chi connectivity index (χ1n) is 6.72. The largest absolute Gasteiger partial charge is 0.349 e. The van der Waals surface area contributed by atoms with E-state index in [0.717, 1.165) is 18.7 Å². The number of carbonyl (C=O) groups excluding carboxylic acids is 1. The summed E-state index contributed by atoms with van der Waals surface area (Å²) in [5, 5.41) is 2.98. The van der Waals surface area contributed by atoms with E-state index in [1.54, 1.807) is 12.4 Å². The van der Waals surface area contributed by atoms with Gasteiger partial charge < -0.3 is 10.3 Å². The Kier molecular flexibility index (Phi) is 3.73. The molecule has 1 fully saturated rings. The maximum absolute atomic E-state index is 12.2. The normalized spacial score (nSPS) is 26.8. The highest BCUT2D eigenvalue weighted by Gasteiger charge is 2.35. The van der Waals surface area contributed by atoms with Gasteiger partial charge in [-0.05, 0) is 30.6 Å². The van der Waals surface area contributed by atoms with E-state index in [0.29, 0.717) is 12.5 Å². The lowest BCUT2D eigenvalue weighted by Crippen LogP contribution is -2.38. The van der Waals surface area contributed by atoms with Crippen LogP contribution in [0.4, 0.5) is 0 Å². The van der Waals surface area contributed by atoms with Gasteiger partial charge in [-0.25, -0.2) is 4.98 Å². The van der Waals surface area contributed by atoms with E-state index in [1.165, 1.54) is 6.42 Å². The molecule has 1 aliphatic carbocycles. The fourth-order valence-electron chi connectivity index (χ4n) is 3.26. The molecular formula is C14H23N3O. The molecule has 2 N–H and O–H groups in total. The van der Waals surface area contributed by atoms with E-state index in [9.17, 15) is 4.79 Å². The molecule has 0 aromatic carbocycles. The Hall–Kier alpha value is -1.32. The van der Waals surface area contributed by atoms with Crippen LogP contribution in [0.1, 0.15) is 45.9 Å². The van der Waals surface area contributed by atoms with E-state index < -0.39 is 0 Å². The van der Waals surface area contributed by atoms with Crippen molar-refractivity contribution < 1.29 is 4.79 Å². The molecule has 0 saturated heterocycles. The van der Waals surface area contributed by atoms with Crippen LogP contribution in [0.5, 0.6) is 0 Å². The molecule has 0 bridgehead atoms. The Labute approximate surface area is 109 Å². The maximum atomic E-state index is 12.2. The third-order valence-corrected chi connectivity index (χ3v) is 3.74. The summed E-state index contributed by atoms with van der Waals surface area (Å²) in [4.78, 5) is 19.3. The Morgan fingerprint density at radius 1 is 1.56 bits per heavy atom. The highest BCUT2D eigenvalue weighted by atomic mass is 16.1. The number of amides is 1. The smallest absolute Gasteiger partial charge is 0.223 e. The highest BCUT2D eigenvalue weighted by molar-refractivity contribution is 5.78. The molecule has 0 aliphatic heterocycles. The quantitative estimate of drug-likeness (QED) is 0.864. The fourth-order valence-corrected chi connectivity index (χ4v) is 3.26. The second-order valence-electron chi connectivity index (χ2n) is 6.36. The van der Waals surface area contributed by atoms with Crippen molar-refractivity contribution in [2.24, 2.45) is 17.3 Å². The predicted molar refractivity (Wildman–Crippen MR) is 70.7 cm³/mol. The zero-order valence-electron chi connectivity index (χ0n) is 11.5. The number of aromatic nitrogens is 2. The standard InChI is InChI=1S/C14H23N3O/c1-10-6-11(8-14(2,3)7-10)13(18)17-9-12-15-4-5-16-12/h4-5,10-11H,6-9H2,1-3H3,(H,15,16)(H,17,18)/t10-,11+/m1/s1. The van der Waals surface area contributed by atoms with Crippen LogP contribution in [0, 0.1) is 17.3 Å². The molecule has 1 amide bonds. The molecule has 2 atom stereocenters. The van der Waals surface area contributed by atoms with Gasteiger partial charge in [0.15, 0.2) is 0 Å². The molecule has 1 aromatic rings. The van der Waals surface area contributed by atoms with Gasteiger partial charge in [0.05, 0.1) is 6.54 Å². The lowest BCUT2D eigenvalue weighted by atomic mass is 9.68. The molecule has 4 heteroatoms. The van der Waals surface area contributed by atoms with Gasteiger partial charge >= 0.3 is 0 Å². The van der Waals surface area contributed by atoms with E-state index >= 15 is 0 Å². The van der Waals surface area contributed by atoms with Crippen LogP contribution in [-0.4, -0.2) is 15.9 Å². The molecular weight excluding hydrogens is 226 g/mol. The van der Waals surface area contributed by atoms with Crippen molar-refractivity contribution in [2.45, 2.75) is 46.6 Å². The molecule has 1 saturated carbocycles. The molecule has 0 spiro atoms. The summed E-state index contributed by atoms with van der Waals surface area (Å²) in [5.74, 6) is 1.77. The summed E-state index contributed by atoms with van der Waals surface area (Å²) in [6, 6.07) is 0. The molecule has 18 heavy (non-hydrogen) atoms. The Bertz CT molecular complexity index is 397. The van der Waals surface area contributed by atoms with Crippen molar-refractivity contribution in [3.8, 4) is 0 Å². The highest BCUT2D eigenvalue weighted by Crippen LogP contribution is 2.41. The SMILES string of the molecule is C[C@@H]1C[C@H](C(=O)NCc2ncc[nH]2)CC(C)(C)C1. The van der Waals surface area contributed by atoms with Crippen molar-refractivity contribution in [1.29, 1.82) is 0 Å². The van der Waals surface area contributed by atoms with Gasteiger partial charge in [0, 0.05) is 18.3 Å². The Balaban J connectivity index is 1.88. The van der Waals surface area contributed by atoms with Gasteiger partial charge in [-0.15, -0.1) is 0 Å². The molecule has 100 valence electrons. The number of H-pyrrole nitrogens is 1. The van der Waals surface area contributed by atoms with Crippen molar-refractivity contribution in [3.63, 3.8) is 0 Å². The summed E-state index contributed by atoms with van der Waals surface area (Å²) in [7, 11) is 0. The monoisotopic (exact) mass is 249 g/mol. The third kappa shape index (κ3) is 3.34. The first-order valence-corrected chi connectivity index (χ1v) is 6.72. The predicted octanol–water partition coefficient (Wildman–Crippen LogP) is 2.49. The first kappa shape index (κ1) is 13.1. The lowest BCUT2D eigenvalue weighted by molar-refractivity contribution is -0.128. The van der Waals surface area contributed by atoms with E-state index in [1.807, 2.05) is 0 Å². The van der Waals surface area contributed by atoms with Gasteiger partial charge in [0.25, 0.3) is 0 Å². The van der Waals surface area contributed by atoms with E-state index in [-0.39, 0.29) is 17.2 Å². The van der Waals surface area contributed by atoms with E-state index in [4.69, 9.17) is 0 Å². The average Bonchev–Trinajstić information content (AvgIpc) is 2.75. The number of nitrogens with one attached hydrogen (secondary N) is 2. The third-order valence-electron chi connectivity index (χ3n) is 3.74. The summed E-state index contributed by atoms with van der Waals surface area (Å²) in [6.45, 7) is 7.26. The van der Waals surface area contributed by atoms with Crippen LogP contribution in [0.15, 0.2) is 12.4 Å². The van der Waals surface area contributed by atoms with Crippen molar-refractivity contribution in [1.82, 2.24) is 15.3 Å². The van der Waals surface area contributed by atoms with Crippen LogP contribution in [0.2, 0.25) is 0 Å². The number of imidazole rings is 1. The molecule has 0 radical (unpaired) electrons. The minimum atomic E-state index is 0.152. The fraction of sp³-hybridized carbons (Fsp3) is 0.714. The van der Waals surface area contributed by atoms with Gasteiger partial charge in [0.1, 0.15) is 5.82 Å². The minimum absolute atomic E-state index is 0.152. The van der Waals surface area contributed by atoms with Gasteiger partial charge in [-0.2, -0.15) is 0 Å². The molecule has 1 aliphatic rings. The molecule has 1 aromatic heterocycles. The zero-order valence-corrected chi connectivity index (χ0v) is 11.5. The summed E-state index contributed by atoms with van der Waals surface area (Å²) in [5.41, 5.74) is 0.282. The first-order chi connectivity index (χ1) is 8.46. The number of rotatable bonds is 3. The number of nitrogens with zero attached hydrogens (tertiary/aromatic N) is 1. The van der Waals surface area contributed by atoms with Crippen molar-refractivity contribution in [3.05, 3.63) is 18.2 Å². The summed E-state index contributed by atoms with van der Waals surface area (Å²) >= 11 is 0. The van der Waals surface area contributed by atoms with Crippen LogP contribution in [-0.2, 0) is 11.3 Å². The molecule has 2 rings (SSSR count). The molecule has 1 heterocycles. The maximum Gasteiger partial charge on any atom is 0.223 e. The lowest BCUT2D eigenvalue weighted by Gasteiger charge is -2.38. The average molecular weight is 249 g/mol. The number of hydrogen-bond donors (Lipinski definition) is 2. The second-order valence-corrected chi connectivity index (χ2v) is 6.36. The Morgan fingerprint density at radius 3 is 2.94 bits per heavy atom. The van der Waals surface area contributed by atoms with Crippen LogP contribution >= 0.6 is 0 Å². The van der Waals surface area contributed by atoms with E-state index in [2.05, 4.69) is 36.1 Å². The number of aromatic amines is 1. The number of hydrogen-bond acceptors (Lipinski definition) is 2. The van der Waals surface area contributed by atoms with Crippen LogP contribution < -0.4 is 5.32 Å². The van der Waals surface area contributed by atoms with Crippen LogP contribution in [0.3, 0.4) is 0 Å². The zero-order chi connectivity index (χ0) is 13.2. The van der Waals surface area contributed by atoms with Crippen molar-refractivity contribution in [2.75, 3.05) is 0 Å².